The van der Waals surface area contributed by atoms with Gasteiger partial charge in [-0.1, -0.05) is 36.4 Å². The van der Waals surface area contributed by atoms with Gasteiger partial charge in [0.25, 0.3) is 5.69 Å². The van der Waals surface area contributed by atoms with Gasteiger partial charge in [-0.3, -0.25) is 25.0 Å². The van der Waals surface area contributed by atoms with Crippen molar-refractivity contribution >= 4 is 23.5 Å². The summed E-state index contributed by atoms with van der Waals surface area (Å²) in [6.07, 6.45) is 2.51. The highest BCUT2D eigenvalue weighted by molar-refractivity contribution is 5.89. The van der Waals surface area contributed by atoms with E-state index in [0.717, 1.165) is 11.1 Å². The lowest BCUT2D eigenvalue weighted by molar-refractivity contribution is -0.385. The number of esters is 1. The minimum Gasteiger partial charge on any atom is -0.480 e. The van der Waals surface area contributed by atoms with Crippen LogP contribution in [0.1, 0.15) is 55.3 Å². The number of aliphatic carboxylic acids is 1. The number of hydrogen-bond donors (Lipinski definition) is 2. The monoisotopic (exact) mass is 509 g/mol. The van der Waals surface area contributed by atoms with Crippen molar-refractivity contribution in [2.24, 2.45) is 0 Å². The van der Waals surface area contributed by atoms with Crippen molar-refractivity contribution in [3.8, 4) is 0 Å². The van der Waals surface area contributed by atoms with Crippen LogP contribution in [0.25, 0.3) is 0 Å². The number of rotatable bonds is 9. The number of carbonyl (C=O) groups is 3. The lowest BCUT2D eigenvalue weighted by Crippen LogP contribution is -2.57. The van der Waals surface area contributed by atoms with Crippen molar-refractivity contribution in [1.29, 1.82) is 0 Å². The number of nitrogens with zero attached hydrogens (tertiary/aromatic N) is 2. The summed E-state index contributed by atoms with van der Waals surface area (Å²) < 4.78 is 5.28. The third-order valence-corrected chi connectivity index (χ3v) is 7.13. The molecule has 0 bridgehead atoms. The molecule has 2 aliphatic heterocycles. The molecule has 2 N–H and O–H groups in total. The van der Waals surface area contributed by atoms with E-state index in [0.29, 0.717) is 37.7 Å². The Hall–Kier alpha value is -3.79. The molecule has 1 unspecified atom stereocenters. The number of carboxylic acids is 1. The van der Waals surface area contributed by atoms with Crippen LogP contribution >= 0.6 is 0 Å². The molecule has 10 nitrogen and oxygen atoms in total. The lowest BCUT2D eigenvalue weighted by atomic mass is 9.89. The molecule has 2 aromatic carbocycles. The Labute approximate surface area is 214 Å². The SMILES string of the molecule is CCOC(=O)C(CCc1ccccc1)N[C@H]1Cc2ccc([N+](=O)[O-])cc2[C@H]2CCC[C@@H](C(=O)O)N2C1=O. The average molecular weight is 510 g/mol. The van der Waals surface area contributed by atoms with Crippen LogP contribution < -0.4 is 5.32 Å². The molecule has 37 heavy (non-hydrogen) atoms. The van der Waals surface area contributed by atoms with Gasteiger partial charge in [0.2, 0.25) is 5.91 Å². The summed E-state index contributed by atoms with van der Waals surface area (Å²) in [7, 11) is 0. The third-order valence-electron chi connectivity index (χ3n) is 7.13. The number of fused-ring (bicyclic) bond motifs is 3. The van der Waals surface area contributed by atoms with E-state index >= 15 is 0 Å². The minimum atomic E-state index is -1.11. The Morgan fingerprint density at radius 3 is 2.65 bits per heavy atom. The summed E-state index contributed by atoms with van der Waals surface area (Å²) >= 11 is 0. The van der Waals surface area contributed by atoms with Gasteiger partial charge in [-0.25, -0.2) is 4.79 Å². The van der Waals surface area contributed by atoms with Gasteiger partial charge >= 0.3 is 11.9 Å². The summed E-state index contributed by atoms with van der Waals surface area (Å²) in [5, 5.41) is 24.6. The maximum Gasteiger partial charge on any atom is 0.326 e. The van der Waals surface area contributed by atoms with Crippen molar-refractivity contribution in [3.05, 3.63) is 75.3 Å². The van der Waals surface area contributed by atoms with Crippen LogP contribution in [0.15, 0.2) is 48.5 Å². The fraction of sp³-hybridized carbons (Fsp3) is 0.444. The molecule has 0 aromatic heterocycles. The number of carboxylic acid groups (broad SMARTS) is 1. The summed E-state index contributed by atoms with van der Waals surface area (Å²) in [4.78, 5) is 51.2. The van der Waals surface area contributed by atoms with E-state index < -0.39 is 46.9 Å². The van der Waals surface area contributed by atoms with Gasteiger partial charge < -0.3 is 14.7 Å². The van der Waals surface area contributed by atoms with Crippen LogP contribution in [-0.2, 0) is 32.0 Å². The Kier molecular flexibility index (Phi) is 8.17. The summed E-state index contributed by atoms with van der Waals surface area (Å²) in [6, 6.07) is 10.8. The number of nitrogens with one attached hydrogen (secondary N) is 1. The number of ether oxygens (including phenoxy) is 1. The first-order chi connectivity index (χ1) is 17.8. The number of hydrogen-bond acceptors (Lipinski definition) is 7. The molecule has 10 heteroatoms. The van der Waals surface area contributed by atoms with Gasteiger partial charge in [0.15, 0.2) is 0 Å². The third kappa shape index (κ3) is 5.80. The highest BCUT2D eigenvalue weighted by Gasteiger charge is 2.45. The Balaban J connectivity index is 1.68. The first-order valence-electron chi connectivity index (χ1n) is 12.6. The molecule has 1 fully saturated rings. The van der Waals surface area contributed by atoms with Crippen molar-refractivity contribution in [1.82, 2.24) is 10.2 Å². The van der Waals surface area contributed by atoms with Gasteiger partial charge in [0.1, 0.15) is 12.1 Å². The van der Waals surface area contributed by atoms with Crippen LogP contribution in [0.5, 0.6) is 0 Å². The van der Waals surface area contributed by atoms with E-state index in [1.54, 1.807) is 13.0 Å². The predicted molar refractivity (Wildman–Crippen MR) is 134 cm³/mol. The molecule has 196 valence electrons. The van der Waals surface area contributed by atoms with Crippen LogP contribution in [-0.4, -0.2) is 57.5 Å². The number of benzene rings is 2. The minimum absolute atomic E-state index is 0.109. The van der Waals surface area contributed by atoms with Crippen LogP contribution in [0, 0.1) is 10.1 Å². The second kappa shape index (κ2) is 11.5. The molecular weight excluding hydrogens is 478 g/mol. The molecule has 0 radical (unpaired) electrons. The van der Waals surface area contributed by atoms with Crippen LogP contribution in [0.2, 0.25) is 0 Å². The van der Waals surface area contributed by atoms with E-state index in [9.17, 15) is 29.6 Å². The number of amides is 1. The number of non-ortho nitro benzene ring substituents is 1. The van der Waals surface area contributed by atoms with Gasteiger partial charge in [-0.15, -0.1) is 0 Å². The topological polar surface area (TPSA) is 139 Å². The molecule has 2 aliphatic rings. The highest BCUT2D eigenvalue weighted by Crippen LogP contribution is 2.40. The van der Waals surface area contributed by atoms with Gasteiger partial charge in [-0.2, -0.15) is 0 Å². The molecular formula is C27H31N3O7. The van der Waals surface area contributed by atoms with Crippen molar-refractivity contribution in [2.45, 2.75) is 69.6 Å². The Morgan fingerprint density at radius 2 is 1.97 bits per heavy atom. The van der Waals surface area contributed by atoms with E-state index in [-0.39, 0.29) is 18.7 Å². The second-order valence-corrected chi connectivity index (χ2v) is 9.44. The first-order valence-corrected chi connectivity index (χ1v) is 12.6. The Bertz CT molecular complexity index is 1170. The average Bonchev–Trinajstić information content (AvgIpc) is 3.01. The largest absolute Gasteiger partial charge is 0.480 e. The van der Waals surface area contributed by atoms with Crippen molar-refractivity contribution in [3.63, 3.8) is 0 Å². The molecule has 4 rings (SSSR count). The lowest BCUT2D eigenvalue weighted by Gasteiger charge is -2.41. The zero-order chi connectivity index (χ0) is 26.5. The van der Waals surface area contributed by atoms with Crippen molar-refractivity contribution in [2.75, 3.05) is 6.61 Å². The smallest absolute Gasteiger partial charge is 0.326 e. The first kappa shape index (κ1) is 26.3. The number of carbonyl (C=O) groups excluding carboxylic acids is 2. The molecule has 1 saturated heterocycles. The van der Waals surface area contributed by atoms with Gasteiger partial charge in [-0.05, 0) is 62.1 Å². The predicted octanol–water partition coefficient (Wildman–Crippen LogP) is 3.18. The number of nitro groups is 1. The maximum absolute atomic E-state index is 13.9. The van der Waals surface area contributed by atoms with E-state index in [2.05, 4.69) is 5.32 Å². The normalized spacial score (nSPS) is 21.8. The van der Waals surface area contributed by atoms with E-state index in [4.69, 9.17) is 4.74 Å². The molecule has 0 saturated carbocycles. The van der Waals surface area contributed by atoms with E-state index in [1.807, 2.05) is 30.3 Å². The second-order valence-electron chi connectivity index (χ2n) is 9.44. The molecule has 2 heterocycles. The molecule has 0 aliphatic carbocycles. The fourth-order valence-electron chi connectivity index (χ4n) is 5.37. The Morgan fingerprint density at radius 1 is 1.22 bits per heavy atom. The molecule has 4 atom stereocenters. The van der Waals surface area contributed by atoms with Gasteiger partial charge in [0, 0.05) is 12.1 Å². The number of piperidine rings is 1. The molecule has 0 spiro atoms. The molecule has 2 aromatic rings. The summed E-state index contributed by atoms with van der Waals surface area (Å²) in [5.41, 5.74) is 2.24. The van der Waals surface area contributed by atoms with Crippen LogP contribution in [0.3, 0.4) is 0 Å². The van der Waals surface area contributed by atoms with Gasteiger partial charge in [0.05, 0.1) is 23.6 Å². The van der Waals surface area contributed by atoms with E-state index in [1.165, 1.54) is 17.0 Å². The standard InChI is InChI=1S/C27H31N3O7/c1-2-37-27(34)21(14-11-17-7-4-3-5-8-17)28-22-15-18-12-13-19(30(35)36)16-20(18)23-9-6-10-24(26(32)33)29(23)25(22)31/h3-5,7-8,12-13,16,21-24,28H,2,6,9-11,14-15H2,1H3,(H,32,33)/t21?,22-,23+,24-/m0/s1. The fourth-order valence-corrected chi connectivity index (χ4v) is 5.37. The zero-order valence-electron chi connectivity index (χ0n) is 20.7. The molecule has 1 amide bonds. The number of aryl methyl sites for hydroxylation is 1. The summed E-state index contributed by atoms with van der Waals surface area (Å²) in [6.45, 7) is 1.89. The quantitative estimate of drug-likeness (QED) is 0.299. The highest BCUT2D eigenvalue weighted by atomic mass is 16.6. The van der Waals surface area contributed by atoms with Crippen LogP contribution in [0.4, 0.5) is 5.69 Å². The maximum atomic E-state index is 13.9. The number of nitro benzene ring substituents is 1. The zero-order valence-corrected chi connectivity index (χ0v) is 20.7. The van der Waals surface area contributed by atoms with Crippen molar-refractivity contribution < 1.29 is 29.2 Å². The summed E-state index contributed by atoms with van der Waals surface area (Å²) in [5.74, 6) is -2.02.